The van der Waals surface area contributed by atoms with Crippen LogP contribution in [0, 0.1) is 5.41 Å². The molecule has 0 saturated carbocycles. The van der Waals surface area contributed by atoms with Crippen molar-refractivity contribution in [3.05, 3.63) is 47.5 Å². The third kappa shape index (κ3) is 5.38. The van der Waals surface area contributed by atoms with Crippen molar-refractivity contribution in [3.8, 4) is 0 Å². The van der Waals surface area contributed by atoms with Crippen molar-refractivity contribution < 1.29 is 9.63 Å². The minimum atomic E-state index is -0.125. The Morgan fingerprint density at radius 2 is 2.08 bits per heavy atom. The zero-order valence-electron chi connectivity index (χ0n) is 14.6. The summed E-state index contributed by atoms with van der Waals surface area (Å²) in [5.74, 6) is 0.117. The summed E-state index contributed by atoms with van der Waals surface area (Å²) in [5, 5.41) is 4.87. The molecule has 1 aliphatic heterocycles. The van der Waals surface area contributed by atoms with Gasteiger partial charge in [0.2, 0.25) is 5.91 Å². The molecule has 0 aromatic heterocycles. The van der Waals surface area contributed by atoms with Gasteiger partial charge in [-0.15, -0.1) is 6.58 Å². The maximum Gasteiger partial charge on any atom is 0.223 e. The molecule has 0 radical (unpaired) electrons. The first-order valence-electron chi connectivity index (χ1n) is 8.16. The number of carbonyl (C=O) groups is 1. The second kappa shape index (κ2) is 7.84. The summed E-state index contributed by atoms with van der Waals surface area (Å²) in [6.45, 7) is 11.0. The summed E-state index contributed by atoms with van der Waals surface area (Å²) >= 11 is 5.91. The topological polar surface area (TPSA) is 41.9 Å². The number of carbonyl (C=O) groups excluding carboxylic acids is 1. The molecule has 0 unspecified atom stereocenters. The van der Waals surface area contributed by atoms with E-state index in [2.05, 4.69) is 32.5 Å². The van der Waals surface area contributed by atoms with Gasteiger partial charge >= 0.3 is 0 Å². The lowest BCUT2D eigenvalue weighted by molar-refractivity contribution is -0.134. The van der Waals surface area contributed by atoms with E-state index in [1.807, 2.05) is 24.3 Å². The minimum absolute atomic E-state index is 0.0436. The van der Waals surface area contributed by atoms with E-state index in [1.165, 1.54) is 0 Å². The molecular weight excluding hydrogens is 324 g/mol. The Balaban J connectivity index is 1.96. The molecule has 0 bridgehead atoms. The Labute approximate surface area is 149 Å². The Morgan fingerprint density at radius 3 is 2.67 bits per heavy atom. The van der Waals surface area contributed by atoms with Gasteiger partial charge in [0.15, 0.2) is 6.10 Å². The van der Waals surface area contributed by atoms with Gasteiger partial charge in [-0.1, -0.05) is 55.7 Å². The normalized spacial score (nSPS) is 17.2. The quantitative estimate of drug-likeness (QED) is 0.720. The summed E-state index contributed by atoms with van der Waals surface area (Å²) in [6, 6.07) is 7.53. The van der Waals surface area contributed by atoms with Crippen LogP contribution in [-0.4, -0.2) is 35.7 Å². The first kappa shape index (κ1) is 18.5. The molecule has 130 valence electrons. The average molecular weight is 349 g/mol. The van der Waals surface area contributed by atoms with Crippen molar-refractivity contribution in [2.75, 3.05) is 13.1 Å². The number of hydrogen-bond donors (Lipinski definition) is 0. The molecule has 0 N–H and O–H groups in total. The highest BCUT2D eigenvalue weighted by Crippen LogP contribution is 2.22. The largest absolute Gasteiger partial charge is 0.390 e. The first-order valence-corrected chi connectivity index (χ1v) is 8.53. The van der Waals surface area contributed by atoms with Gasteiger partial charge in [-0.25, -0.2) is 0 Å². The molecule has 0 spiro atoms. The number of halogens is 1. The molecular formula is C19H25ClN2O2. The van der Waals surface area contributed by atoms with Crippen LogP contribution in [0.5, 0.6) is 0 Å². The van der Waals surface area contributed by atoms with Crippen LogP contribution in [0.2, 0.25) is 5.02 Å². The molecule has 1 amide bonds. The van der Waals surface area contributed by atoms with Gasteiger partial charge in [0.25, 0.3) is 0 Å². The number of benzene rings is 1. The lowest BCUT2D eigenvalue weighted by atomic mass is 9.91. The van der Waals surface area contributed by atoms with E-state index in [9.17, 15) is 4.79 Å². The molecule has 5 heteroatoms. The van der Waals surface area contributed by atoms with E-state index < -0.39 is 0 Å². The standard InChI is InChI=1S/C19H25ClN2O2/c1-5-10-22(18(23)12-19(2,3)4)13-16-11-17(21-24-16)14-6-8-15(20)9-7-14/h5-9,16H,1,10-13H2,2-4H3/t16-/m0/s1. The molecule has 1 aliphatic rings. The van der Waals surface area contributed by atoms with Crippen LogP contribution in [0.4, 0.5) is 0 Å². The number of rotatable bonds is 6. The van der Waals surface area contributed by atoms with E-state index in [1.54, 1.807) is 11.0 Å². The van der Waals surface area contributed by atoms with E-state index in [0.717, 1.165) is 11.3 Å². The van der Waals surface area contributed by atoms with Crippen LogP contribution in [0.3, 0.4) is 0 Å². The van der Waals surface area contributed by atoms with E-state index in [-0.39, 0.29) is 17.4 Å². The summed E-state index contributed by atoms with van der Waals surface area (Å²) in [6.07, 6.45) is 2.80. The van der Waals surface area contributed by atoms with Crippen molar-refractivity contribution in [1.29, 1.82) is 0 Å². The molecule has 1 aromatic rings. The van der Waals surface area contributed by atoms with Gasteiger partial charge < -0.3 is 9.74 Å². The van der Waals surface area contributed by atoms with E-state index >= 15 is 0 Å². The first-order chi connectivity index (χ1) is 11.3. The van der Waals surface area contributed by atoms with Crippen LogP contribution >= 0.6 is 11.6 Å². The zero-order chi connectivity index (χ0) is 17.7. The SMILES string of the molecule is C=CCN(C[C@@H]1CC(c2ccc(Cl)cc2)=NO1)C(=O)CC(C)(C)C. The van der Waals surface area contributed by atoms with Crippen LogP contribution in [-0.2, 0) is 9.63 Å². The van der Waals surface area contributed by atoms with E-state index in [0.29, 0.717) is 31.0 Å². The summed E-state index contributed by atoms with van der Waals surface area (Å²) in [4.78, 5) is 19.8. The Morgan fingerprint density at radius 1 is 1.42 bits per heavy atom. The van der Waals surface area contributed by atoms with Gasteiger partial charge in [0, 0.05) is 24.4 Å². The monoisotopic (exact) mass is 348 g/mol. The summed E-state index contributed by atoms with van der Waals surface area (Å²) in [5.41, 5.74) is 1.84. The van der Waals surface area contributed by atoms with Gasteiger partial charge in [-0.2, -0.15) is 0 Å². The van der Waals surface area contributed by atoms with Crippen molar-refractivity contribution in [2.45, 2.75) is 39.7 Å². The van der Waals surface area contributed by atoms with Crippen LogP contribution < -0.4 is 0 Å². The number of nitrogens with zero attached hydrogens (tertiary/aromatic N) is 2. The van der Waals surface area contributed by atoms with Gasteiger partial charge in [-0.3, -0.25) is 4.79 Å². The third-order valence-electron chi connectivity index (χ3n) is 3.72. The molecule has 4 nitrogen and oxygen atoms in total. The highest BCUT2D eigenvalue weighted by molar-refractivity contribution is 6.30. The van der Waals surface area contributed by atoms with E-state index in [4.69, 9.17) is 16.4 Å². The van der Waals surface area contributed by atoms with Crippen LogP contribution in [0.25, 0.3) is 0 Å². The van der Waals surface area contributed by atoms with Crippen molar-refractivity contribution in [1.82, 2.24) is 4.90 Å². The predicted octanol–water partition coefficient (Wildman–Crippen LogP) is 4.28. The molecule has 0 saturated heterocycles. The minimum Gasteiger partial charge on any atom is -0.390 e. The molecule has 1 heterocycles. The van der Waals surface area contributed by atoms with Gasteiger partial charge in [0.05, 0.1) is 12.3 Å². The lowest BCUT2D eigenvalue weighted by Crippen LogP contribution is -2.39. The number of amides is 1. The lowest BCUT2D eigenvalue weighted by Gasteiger charge is -2.27. The maximum absolute atomic E-state index is 12.5. The fourth-order valence-electron chi connectivity index (χ4n) is 2.58. The van der Waals surface area contributed by atoms with Crippen molar-refractivity contribution >= 4 is 23.2 Å². The van der Waals surface area contributed by atoms with Crippen LogP contribution in [0.1, 0.15) is 39.2 Å². The van der Waals surface area contributed by atoms with Gasteiger partial charge in [0.1, 0.15) is 0 Å². The smallest absolute Gasteiger partial charge is 0.223 e. The molecule has 1 aromatic carbocycles. The Hall–Kier alpha value is -1.81. The summed E-state index contributed by atoms with van der Waals surface area (Å²) < 4.78 is 0. The second-order valence-corrected chi connectivity index (χ2v) is 7.74. The molecule has 0 aliphatic carbocycles. The molecule has 24 heavy (non-hydrogen) atoms. The van der Waals surface area contributed by atoms with Crippen LogP contribution in [0.15, 0.2) is 42.1 Å². The molecule has 1 atom stereocenters. The molecule has 2 rings (SSSR count). The third-order valence-corrected chi connectivity index (χ3v) is 3.97. The fourth-order valence-corrected chi connectivity index (χ4v) is 2.71. The highest BCUT2D eigenvalue weighted by Gasteiger charge is 2.27. The van der Waals surface area contributed by atoms with Gasteiger partial charge in [-0.05, 0) is 23.1 Å². The fraction of sp³-hybridized carbons (Fsp3) is 0.474. The Bertz CT molecular complexity index is 617. The molecule has 0 fully saturated rings. The maximum atomic E-state index is 12.5. The average Bonchev–Trinajstić information content (AvgIpc) is 2.94. The zero-order valence-corrected chi connectivity index (χ0v) is 15.3. The predicted molar refractivity (Wildman–Crippen MR) is 98.3 cm³/mol. The Kier molecular flexibility index (Phi) is 6.05. The highest BCUT2D eigenvalue weighted by atomic mass is 35.5. The summed E-state index contributed by atoms with van der Waals surface area (Å²) in [7, 11) is 0. The number of oxime groups is 1. The van der Waals surface area contributed by atoms with Crippen molar-refractivity contribution in [2.24, 2.45) is 10.6 Å². The second-order valence-electron chi connectivity index (χ2n) is 7.30. The number of hydrogen-bond acceptors (Lipinski definition) is 3. The van der Waals surface area contributed by atoms with Crippen molar-refractivity contribution in [3.63, 3.8) is 0 Å².